The first-order valence-corrected chi connectivity index (χ1v) is 8.75. The second-order valence-electron chi connectivity index (χ2n) is 8.89. The van der Waals surface area contributed by atoms with Crippen LogP contribution in [0.3, 0.4) is 0 Å². The van der Waals surface area contributed by atoms with Crippen molar-refractivity contribution < 1.29 is 18.8 Å². The maximum Gasteiger partial charge on any atom is 0.461 e. The molecule has 2 aliphatic rings. The lowest BCUT2D eigenvalue weighted by Crippen LogP contribution is -2.43. The molecule has 1 aliphatic heterocycles. The molecule has 2 fully saturated rings. The molecule has 1 N–H and O–H groups in total. The molecule has 23 heavy (non-hydrogen) atoms. The van der Waals surface area contributed by atoms with Crippen LogP contribution >= 0.6 is 0 Å². The third-order valence-corrected chi connectivity index (χ3v) is 5.09. The molecule has 2 rings (SSSR count). The summed E-state index contributed by atoms with van der Waals surface area (Å²) in [6.07, 6.45) is 3.65. The van der Waals surface area contributed by atoms with E-state index in [0.29, 0.717) is 5.82 Å². The Hall–Kier alpha value is -0.745. The first-order valence-electron chi connectivity index (χ1n) is 8.75. The quantitative estimate of drug-likeness (QED) is 0.782. The Morgan fingerprint density at radius 2 is 1.70 bits per heavy atom. The van der Waals surface area contributed by atoms with Crippen LogP contribution in [0.5, 0.6) is 0 Å². The molecule has 1 saturated heterocycles. The van der Waals surface area contributed by atoms with Gasteiger partial charge in [-0.15, -0.1) is 0 Å². The van der Waals surface area contributed by atoms with Crippen molar-refractivity contribution in [1.82, 2.24) is 5.32 Å². The van der Waals surface area contributed by atoms with E-state index in [9.17, 15) is 4.79 Å². The summed E-state index contributed by atoms with van der Waals surface area (Å²) >= 11 is 0. The van der Waals surface area contributed by atoms with Crippen LogP contribution in [0.15, 0.2) is 0 Å². The number of hydrogen-bond donors (Lipinski definition) is 1. The fourth-order valence-corrected chi connectivity index (χ4v) is 3.16. The molecule has 0 radical (unpaired) electrons. The minimum Gasteiger partial charge on any atom is -0.444 e. The minimum absolute atomic E-state index is 0.127. The first kappa shape index (κ1) is 18.6. The summed E-state index contributed by atoms with van der Waals surface area (Å²) in [4.78, 5) is 12.0. The zero-order valence-electron chi connectivity index (χ0n) is 15.7. The van der Waals surface area contributed by atoms with E-state index in [1.165, 1.54) is 0 Å². The summed E-state index contributed by atoms with van der Waals surface area (Å²) in [7, 11) is -0.191. The molecule has 5 nitrogen and oxygen atoms in total. The molecule has 2 atom stereocenters. The number of alkyl carbamates (subject to hydrolysis) is 1. The fraction of sp³-hybridized carbons (Fsp3) is 0.941. The first-order chi connectivity index (χ1) is 10.4. The smallest absolute Gasteiger partial charge is 0.444 e. The predicted octanol–water partition coefficient (Wildman–Crippen LogP) is 3.92. The lowest BCUT2D eigenvalue weighted by Gasteiger charge is -2.32. The van der Waals surface area contributed by atoms with Gasteiger partial charge in [-0.05, 0) is 67.1 Å². The van der Waals surface area contributed by atoms with Gasteiger partial charge in [-0.3, -0.25) is 0 Å². The second-order valence-corrected chi connectivity index (χ2v) is 8.89. The van der Waals surface area contributed by atoms with Gasteiger partial charge in [0, 0.05) is 6.04 Å². The van der Waals surface area contributed by atoms with Crippen molar-refractivity contribution in [2.24, 2.45) is 0 Å². The number of carbonyl (C=O) groups is 1. The summed E-state index contributed by atoms with van der Waals surface area (Å²) in [6.45, 7) is 13.9. The zero-order chi connectivity index (χ0) is 17.5. The van der Waals surface area contributed by atoms with Crippen molar-refractivity contribution in [2.75, 3.05) is 0 Å². The molecule has 1 aliphatic carbocycles. The lowest BCUT2D eigenvalue weighted by molar-refractivity contribution is 0.00578. The molecule has 0 aromatic carbocycles. The maximum absolute atomic E-state index is 12.0. The van der Waals surface area contributed by atoms with Crippen molar-refractivity contribution in [3.63, 3.8) is 0 Å². The number of hydrogen-bond acceptors (Lipinski definition) is 4. The molecule has 2 unspecified atom stereocenters. The summed E-state index contributed by atoms with van der Waals surface area (Å²) in [5, 5.41) is 3.00. The third-order valence-electron chi connectivity index (χ3n) is 5.09. The van der Waals surface area contributed by atoms with Gasteiger partial charge in [-0.2, -0.15) is 0 Å². The van der Waals surface area contributed by atoms with E-state index in [0.717, 1.165) is 25.7 Å². The SMILES string of the molecule is CC(C)(C)OC(=O)NC1CCCC(B2OC(C)(C)C(C)(C)O2)C1. The van der Waals surface area contributed by atoms with Crippen LogP contribution in [0.4, 0.5) is 4.79 Å². The summed E-state index contributed by atoms with van der Waals surface area (Å²) in [5.74, 6) is 0.310. The van der Waals surface area contributed by atoms with Crippen molar-refractivity contribution in [2.45, 2.75) is 103 Å². The lowest BCUT2D eigenvalue weighted by atomic mass is 9.63. The molecule has 1 amide bonds. The molecule has 0 aromatic heterocycles. The standard InChI is InChI=1S/C17H32BNO4/c1-15(2,3)21-14(20)19-13-10-8-9-12(11-13)18-22-16(4,5)17(6,7)23-18/h12-13H,8-11H2,1-7H3,(H,19,20). The maximum atomic E-state index is 12.0. The van der Waals surface area contributed by atoms with Crippen LogP contribution in [-0.4, -0.2) is 36.1 Å². The van der Waals surface area contributed by atoms with Crippen LogP contribution in [0.2, 0.25) is 5.82 Å². The van der Waals surface area contributed by atoms with Crippen molar-refractivity contribution >= 4 is 13.2 Å². The molecule has 1 heterocycles. The summed E-state index contributed by atoms with van der Waals surface area (Å²) < 4.78 is 17.7. The van der Waals surface area contributed by atoms with Gasteiger partial charge >= 0.3 is 13.2 Å². The van der Waals surface area contributed by atoms with Crippen molar-refractivity contribution in [1.29, 1.82) is 0 Å². The summed E-state index contributed by atoms with van der Waals surface area (Å²) in [6, 6.07) is 0.127. The highest BCUT2D eigenvalue weighted by Gasteiger charge is 2.54. The third kappa shape index (κ3) is 4.63. The average Bonchev–Trinajstić information content (AvgIpc) is 2.56. The number of rotatable bonds is 2. The molecule has 0 bridgehead atoms. The van der Waals surface area contributed by atoms with E-state index < -0.39 is 5.60 Å². The van der Waals surface area contributed by atoms with E-state index in [4.69, 9.17) is 14.0 Å². The van der Waals surface area contributed by atoms with Gasteiger partial charge in [0.1, 0.15) is 5.60 Å². The Morgan fingerprint density at radius 3 is 2.22 bits per heavy atom. The molecule has 0 spiro atoms. The number of nitrogens with one attached hydrogen (secondary N) is 1. The van der Waals surface area contributed by atoms with E-state index in [1.807, 2.05) is 20.8 Å². The Labute approximate surface area is 141 Å². The highest BCUT2D eigenvalue weighted by Crippen LogP contribution is 2.43. The van der Waals surface area contributed by atoms with Gasteiger partial charge < -0.3 is 19.4 Å². The largest absolute Gasteiger partial charge is 0.461 e. The number of carbonyl (C=O) groups excluding carboxylic acids is 1. The Morgan fingerprint density at radius 1 is 1.13 bits per heavy atom. The minimum atomic E-state index is -0.468. The van der Waals surface area contributed by atoms with E-state index in [-0.39, 0.29) is 30.5 Å². The summed E-state index contributed by atoms with van der Waals surface area (Å²) in [5.41, 5.74) is -1.07. The van der Waals surface area contributed by atoms with E-state index >= 15 is 0 Å². The molecule has 6 heteroatoms. The molecule has 0 aromatic rings. The van der Waals surface area contributed by atoms with E-state index in [1.54, 1.807) is 0 Å². The van der Waals surface area contributed by atoms with Crippen molar-refractivity contribution in [3.8, 4) is 0 Å². The molecular weight excluding hydrogens is 293 g/mol. The Balaban J connectivity index is 1.91. The monoisotopic (exact) mass is 325 g/mol. The van der Waals surface area contributed by atoms with Crippen LogP contribution in [0.25, 0.3) is 0 Å². The van der Waals surface area contributed by atoms with Crippen molar-refractivity contribution in [3.05, 3.63) is 0 Å². The van der Waals surface area contributed by atoms with Gasteiger partial charge in [-0.1, -0.05) is 12.8 Å². The van der Waals surface area contributed by atoms with Crippen LogP contribution in [0.1, 0.15) is 74.1 Å². The highest BCUT2D eigenvalue weighted by molar-refractivity contribution is 6.47. The van der Waals surface area contributed by atoms with Gasteiger partial charge in [-0.25, -0.2) is 4.79 Å². The van der Waals surface area contributed by atoms with Gasteiger partial charge in [0.2, 0.25) is 0 Å². The second kappa shape index (κ2) is 6.28. The van der Waals surface area contributed by atoms with Gasteiger partial charge in [0.15, 0.2) is 0 Å². The van der Waals surface area contributed by atoms with Crippen LogP contribution < -0.4 is 5.32 Å². The average molecular weight is 325 g/mol. The molecule has 1 saturated carbocycles. The van der Waals surface area contributed by atoms with Gasteiger partial charge in [0.25, 0.3) is 0 Å². The number of amides is 1. The van der Waals surface area contributed by atoms with Crippen LogP contribution in [0, 0.1) is 0 Å². The Kier molecular flexibility index (Phi) is 5.08. The Bertz CT molecular complexity index is 428. The normalized spacial score (nSPS) is 30.1. The highest BCUT2D eigenvalue weighted by atomic mass is 16.7. The molecule has 132 valence electrons. The molecular formula is C17H32BNO4. The zero-order valence-corrected chi connectivity index (χ0v) is 15.7. The van der Waals surface area contributed by atoms with Gasteiger partial charge in [0.05, 0.1) is 11.2 Å². The fourth-order valence-electron chi connectivity index (χ4n) is 3.16. The van der Waals surface area contributed by atoms with Crippen LogP contribution in [-0.2, 0) is 14.0 Å². The predicted molar refractivity (Wildman–Crippen MR) is 91.5 cm³/mol. The topological polar surface area (TPSA) is 56.8 Å². The number of ether oxygens (including phenoxy) is 1. The van der Waals surface area contributed by atoms with E-state index in [2.05, 4.69) is 33.0 Å².